The molecule has 6 nitrogen and oxygen atoms in total. The van der Waals surface area contributed by atoms with Crippen molar-refractivity contribution >= 4 is 12.3 Å². The molecular weight excluding hydrogens is 162 g/mol. The van der Waals surface area contributed by atoms with Crippen molar-refractivity contribution in [3.8, 4) is 0 Å². The van der Waals surface area contributed by atoms with Gasteiger partial charge in [0.05, 0.1) is 6.20 Å². The molecule has 0 spiro atoms. The number of rotatable bonds is 2. The van der Waals surface area contributed by atoms with E-state index in [0.29, 0.717) is 10.3 Å². The van der Waals surface area contributed by atoms with Crippen molar-refractivity contribution in [2.75, 3.05) is 5.73 Å². The molecule has 0 saturated carbocycles. The quantitative estimate of drug-likeness (QED) is 0.557. The molecule has 1 heterocycles. The Balaban J connectivity index is 3.23. The first-order valence-corrected chi connectivity index (χ1v) is 3.11. The second kappa shape index (κ2) is 3.04. The molecule has 1 aromatic rings. The fourth-order valence-electron chi connectivity index (χ4n) is 0.660. The van der Waals surface area contributed by atoms with Gasteiger partial charge in [-0.05, 0) is 6.92 Å². The summed E-state index contributed by atoms with van der Waals surface area (Å²) < 4.78 is 0.707. The summed E-state index contributed by atoms with van der Waals surface area (Å²) in [6.07, 6.45) is 1.29. The summed E-state index contributed by atoms with van der Waals surface area (Å²) in [6, 6.07) is 0. The molecule has 6 heteroatoms. The molecule has 0 aromatic carbocycles. The van der Waals surface area contributed by atoms with Gasteiger partial charge in [-0.3, -0.25) is 4.79 Å². The summed E-state index contributed by atoms with van der Waals surface area (Å²) in [5, 5.41) is 0. The lowest BCUT2D eigenvalue weighted by atomic mass is 10.4. The van der Waals surface area contributed by atoms with Crippen LogP contribution in [0.4, 0.5) is 5.82 Å². The van der Waals surface area contributed by atoms with Crippen LogP contribution in [-0.4, -0.2) is 16.2 Å². The summed E-state index contributed by atoms with van der Waals surface area (Å²) in [4.78, 5) is 28.4. The minimum atomic E-state index is -0.717. The second-order valence-corrected chi connectivity index (χ2v) is 2.12. The Labute approximate surface area is 67.5 Å². The zero-order valence-electron chi connectivity index (χ0n) is 6.35. The Morgan fingerprint density at radius 2 is 2.42 bits per heavy atom. The molecule has 0 unspecified atom stereocenters. The molecule has 0 bridgehead atoms. The Hall–Kier alpha value is -1.85. The highest BCUT2D eigenvalue weighted by atomic mass is 16.7. The van der Waals surface area contributed by atoms with Crippen LogP contribution in [-0.2, 0) is 4.79 Å². The van der Waals surface area contributed by atoms with Gasteiger partial charge in [0.25, 0.3) is 0 Å². The zero-order chi connectivity index (χ0) is 9.14. The first-order chi connectivity index (χ1) is 5.65. The number of carbonyl (C=O) groups excluding carboxylic acids is 1. The largest absolute Gasteiger partial charge is 0.383 e. The average Bonchev–Trinajstić information content (AvgIpc) is 2.01. The van der Waals surface area contributed by atoms with Crippen LogP contribution in [0.1, 0.15) is 5.56 Å². The van der Waals surface area contributed by atoms with Crippen LogP contribution in [0.15, 0.2) is 11.0 Å². The molecular formula is C6H7N3O3. The Morgan fingerprint density at radius 1 is 1.75 bits per heavy atom. The van der Waals surface area contributed by atoms with E-state index < -0.39 is 5.69 Å². The maximum Gasteiger partial charge on any atom is 0.382 e. The van der Waals surface area contributed by atoms with Crippen LogP contribution >= 0.6 is 0 Å². The van der Waals surface area contributed by atoms with Crippen molar-refractivity contribution in [2.24, 2.45) is 0 Å². The molecule has 64 valence electrons. The van der Waals surface area contributed by atoms with Crippen LogP contribution in [0.25, 0.3) is 0 Å². The predicted molar refractivity (Wildman–Crippen MR) is 40.3 cm³/mol. The summed E-state index contributed by atoms with van der Waals surface area (Å²) in [5.41, 5.74) is 5.17. The van der Waals surface area contributed by atoms with Gasteiger partial charge in [-0.25, -0.2) is 4.79 Å². The molecule has 0 aliphatic heterocycles. The molecule has 1 aromatic heterocycles. The van der Waals surface area contributed by atoms with E-state index >= 15 is 0 Å². The van der Waals surface area contributed by atoms with E-state index in [-0.39, 0.29) is 12.3 Å². The van der Waals surface area contributed by atoms with Gasteiger partial charge < -0.3 is 10.6 Å². The number of aryl methyl sites for hydroxylation is 1. The number of carbonyl (C=O) groups is 1. The number of nitrogens with zero attached hydrogens (tertiary/aromatic N) is 2. The number of hydrogen-bond acceptors (Lipinski definition) is 5. The van der Waals surface area contributed by atoms with E-state index in [0.717, 1.165) is 0 Å². The number of nitrogen functional groups attached to an aromatic ring is 1. The fourth-order valence-corrected chi connectivity index (χ4v) is 0.660. The van der Waals surface area contributed by atoms with Crippen LogP contribution in [0.5, 0.6) is 0 Å². The molecule has 0 radical (unpaired) electrons. The number of nitrogens with two attached hydrogens (primary N) is 1. The van der Waals surface area contributed by atoms with Gasteiger partial charge in [0.1, 0.15) is 5.82 Å². The Kier molecular flexibility index (Phi) is 2.09. The molecule has 0 aliphatic carbocycles. The van der Waals surface area contributed by atoms with Gasteiger partial charge in [-0.1, -0.05) is 0 Å². The normalized spacial score (nSPS) is 9.42. The van der Waals surface area contributed by atoms with Crippen LogP contribution in [0.2, 0.25) is 0 Å². The lowest BCUT2D eigenvalue weighted by Crippen LogP contribution is -2.29. The minimum absolute atomic E-state index is 0.130. The van der Waals surface area contributed by atoms with Crippen LogP contribution in [0.3, 0.4) is 0 Å². The fraction of sp³-hybridized carbons (Fsp3) is 0.167. The lowest BCUT2D eigenvalue weighted by molar-refractivity contribution is -0.129. The molecule has 0 fully saturated rings. The van der Waals surface area contributed by atoms with Crippen molar-refractivity contribution in [3.63, 3.8) is 0 Å². The van der Waals surface area contributed by atoms with Crippen molar-refractivity contribution in [1.29, 1.82) is 0 Å². The van der Waals surface area contributed by atoms with E-state index in [9.17, 15) is 9.59 Å². The highest BCUT2D eigenvalue weighted by molar-refractivity contribution is 5.38. The maximum atomic E-state index is 10.9. The molecule has 2 N–H and O–H groups in total. The van der Waals surface area contributed by atoms with Gasteiger partial charge >= 0.3 is 12.2 Å². The van der Waals surface area contributed by atoms with Gasteiger partial charge in [-0.15, -0.1) is 4.73 Å². The first kappa shape index (κ1) is 8.25. The third kappa shape index (κ3) is 1.42. The highest BCUT2D eigenvalue weighted by Gasteiger charge is 2.01. The van der Waals surface area contributed by atoms with Crippen molar-refractivity contribution in [3.05, 3.63) is 22.2 Å². The first-order valence-electron chi connectivity index (χ1n) is 3.11. The van der Waals surface area contributed by atoms with Crippen molar-refractivity contribution in [2.45, 2.75) is 6.92 Å². The molecule has 12 heavy (non-hydrogen) atoms. The third-order valence-electron chi connectivity index (χ3n) is 1.28. The number of aromatic nitrogens is 2. The van der Waals surface area contributed by atoms with Crippen LogP contribution in [0, 0.1) is 6.92 Å². The molecule has 0 saturated heterocycles. The van der Waals surface area contributed by atoms with Gasteiger partial charge in [0.15, 0.2) is 0 Å². The summed E-state index contributed by atoms with van der Waals surface area (Å²) in [6.45, 7) is 1.78. The van der Waals surface area contributed by atoms with Crippen LogP contribution < -0.4 is 16.3 Å². The van der Waals surface area contributed by atoms with E-state index in [1.54, 1.807) is 6.92 Å². The van der Waals surface area contributed by atoms with E-state index in [1.165, 1.54) is 6.20 Å². The van der Waals surface area contributed by atoms with Crippen molar-refractivity contribution in [1.82, 2.24) is 9.71 Å². The minimum Gasteiger partial charge on any atom is -0.383 e. The molecule has 0 atom stereocenters. The Morgan fingerprint density at radius 3 is 3.00 bits per heavy atom. The zero-order valence-corrected chi connectivity index (χ0v) is 6.35. The summed E-state index contributed by atoms with van der Waals surface area (Å²) in [5.74, 6) is 0.130. The van der Waals surface area contributed by atoms with E-state index in [2.05, 4.69) is 9.82 Å². The standard InChI is InChI=1S/C6H7N3O3/c1-4-2-9(12-3-10)6(11)8-5(4)7/h2-3H,1H3,(H2,7,8,11). The highest BCUT2D eigenvalue weighted by Crippen LogP contribution is 1.99. The third-order valence-corrected chi connectivity index (χ3v) is 1.28. The topological polar surface area (TPSA) is 87.2 Å². The van der Waals surface area contributed by atoms with E-state index in [4.69, 9.17) is 5.73 Å². The maximum absolute atomic E-state index is 10.9. The Bertz CT molecular complexity index is 358. The van der Waals surface area contributed by atoms with E-state index in [1.807, 2.05) is 0 Å². The van der Waals surface area contributed by atoms with Crippen molar-refractivity contribution < 1.29 is 9.63 Å². The molecule has 0 amide bonds. The molecule has 1 rings (SSSR count). The summed E-state index contributed by atoms with van der Waals surface area (Å²) in [7, 11) is 0. The van der Waals surface area contributed by atoms with Gasteiger partial charge in [0, 0.05) is 5.56 Å². The molecule has 0 aliphatic rings. The smallest absolute Gasteiger partial charge is 0.382 e. The predicted octanol–water partition coefficient (Wildman–Crippen LogP) is -1.28. The average molecular weight is 169 g/mol. The van der Waals surface area contributed by atoms with Gasteiger partial charge in [-0.2, -0.15) is 4.98 Å². The second-order valence-electron chi connectivity index (χ2n) is 2.12. The lowest BCUT2D eigenvalue weighted by Gasteiger charge is -2.02. The monoisotopic (exact) mass is 169 g/mol. The SMILES string of the molecule is Cc1cn(OC=O)c(=O)nc1N. The number of hydrogen-bond donors (Lipinski definition) is 1. The number of anilines is 1. The summed E-state index contributed by atoms with van der Waals surface area (Å²) >= 11 is 0. The van der Waals surface area contributed by atoms with Gasteiger partial charge in [0.2, 0.25) is 0 Å².